The molecule has 4 N–H and O–H groups in total. The molecular formula is C15H14N6. The summed E-state index contributed by atoms with van der Waals surface area (Å²) < 4.78 is 0. The number of H-pyrrole nitrogens is 2. The van der Waals surface area contributed by atoms with Gasteiger partial charge in [-0.3, -0.25) is 5.10 Å². The highest BCUT2D eigenvalue weighted by molar-refractivity contribution is 6.00. The predicted molar refractivity (Wildman–Crippen MR) is 82.9 cm³/mol. The Bertz CT molecular complexity index is 979. The van der Waals surface area contributed by atoms with Crippen LogP contribution in [0.15, 0.2) is 24.5 Å². The second-order valence-corrected chi connectivity index (χ2v) is 5.13. The second kappa shape index (κ2) is 4.05. The number of anilines is 1. The van der Waals surface area contributed by atoms with Crippen molar-refractivity contribution in [3.63, 3.8) is 0 Å². The van der Waals surface area contributed by atoms with E-state index in [9.17, 15) is 0 Å². The average Bonchev–Trinajstić information content (AvgIpc) is 3.06. The number of rotatable bonds is 1. The Hall–Kier alpha value is -2.89. The number of hydrogen-bond donors (Lipinski definition) is 3. The Kier molecular flexibility index (Phi) is 2.29. The van der Waals surface area contributed by atoms with Crippen molar-refractivity contribution in [3.05, 3.63) is 35.8 Å². The largest absolute Gasteiger partial charge is 0.384 e. The lowest BCUT2D eigenvalue weighted by atomic mass is 9.96. The number of nitrogen functional groups attached to an aromatic ring is 1. The molecule has 0 saturated heterocycles. The van der Waals surface area contributed by atoms with Crippen molar-refractivity contribution < 1.29 is 0 Å². The first kappa shape index (κ1) is 11.9. The number of aryl methyl sites for hydroxylation is 2. The predicted octanol–water partition coefficient (Wildman–Crippen LogP) is 2.70. The molecular weight excluding hydrogens is 264 g/mol. The first-order chi connectivity index (χ1) is 10.2. The maximum absolute atomic E-state index is 5.99. The van der Waals surface area contributed by atoms with Gasteiger partial charge in [0.1, 0.15) is 11.5 Å². The minimum Gasteiger partial charge on any atom is -0.384 e. The normalized spacial score (nSPS) is 11.5. The summed E-state index contributed by atoms with van der Waals surface area (Å²) in [4.78, 5) is 12.0. The molecule has 4 rings (SSSR count). The van der Waals surface area contributed by atoms with Crippen molar-refractivity contribution in [3.8, 4) is 11.1 Å². The van der Waals surface area contributed by atoms with Gasteiger partial charge in [0.25, 0.3) is 0 Å². The van der Waals surface area contributed by atoms with Crippen LogP contribution in [0.5, 0.6) is 0 Å². The van der Waals surface area contributed by atoms with Crippen molar-refractivity contribution >= 4 is 27.9 Å². The highest BCUT2D eigenvalue weighted by atomic mass is 15.2. The van der Waals surface area contributed by atoms with Crippen LogP contribution < -0.4 is 5.73 Å². The minimum absolute atomic E-state index is 0.551. The lowest BCUT2D eigenvalue weighted by molar-refractivity contribution is 1.09. The van der Waals surface area contributed by atoms with E-state index in [4.69, 9.17) is 5.73 Å². The first-order valence-electron chi connectivity index (χ1n) is 6.70. The van der Waals surface area contributed by atoms with E-state index in [1.807, 2.05) is 25.3 Å². The van der Waals surface area contributed by atoms with E-state index >= 15 is 0 Å². The number of nitrogens with two attached hydrogens (primary N) is 1. The van der Waals surface area contributed by atoms with Crippen LogP contribution in [-0.4, -0.2) is 25.1 Å². The third-order valence-corrected chi connectivity index (χ3v) is 3.89. The standard InChI is InChI=1S/C15H14N6/c1-7-11(8(2)19-15-12(7)13(16)20-21-15)9-3-5-17-14-10(9)4-6-18-14/h3-6H,1-2H3,(H,17,18)(H3,16,19,20,21). The van der Waals surface area contributed by atoms with Crippen molar-refractivity contribution in [2.24, 2.45) is 0 Å². The zero-order chi connectivity index (χ0) is 14.6. The molecule has 0 bridgehead atoms. The minimum atomic E-state index is 0.551. The van der Waals surface area contributed by atoms with Crippen LogP contribution in [-0.2, 0) is 0 Å². The Balaban J connectivity index is 2.15. The maximum atomic E-state index is 5.99. The van der Waals surface area contributed by atoms with Crippen LogP contribution in [0.25, 0.3) is 33.2 Å². The van der Waals surface area contributed by atoms with Crippen LogP contribution in [0.1, 0.15) is 11.3 Å². The lowest BCUT2D eigenvalue weighted by Crippen LogP contribution is -1.96. The fraction of sp³-hybridized carbons (Fsp3) is 0.133. The summed E-state index contributed by atoms with van der Waals surface area (Å²) in [6.45, 7) is 4.04. The fourth-order valence-corrected chi connectivity index (χ4v) is 2.98. The number of nitrogens with one attached hydrogen (secondary N) is 2. The number of nitrogens with zero attached hydrogens (tertiary/aromatic N) is 3. The summed E-state index contributed by atoms with van der Waals surface area (Å²) in [5.74, 6) is 0.551. The van der Waals surface area contributed by atoms with E-state index in [0.29, 0.717) is 11.5 Å². The molecule has 6 nitrogen and oxygen atoms in total. The van der Waals surface area contributed by atoms with E-state index in [1.165, 1.54) is 0 Å². The molecule has 0 aliphatic rings. The molecule has 6 heteroatoms. The molecule has 0 saturated carbocycles. The first-order valence-corrected chi connectivity index (χ1v) is 6.70. The van der Waals surface area contributed by atoms with Crippen LogP contribution >= 0.6 is 0 Å². The summed E-state index contributed by atoms with van der Waals surface area (Å²) >= 11 is 0. The molecule has 0 aliphatic heterocycles. The smallest absolute Gasteiger partial charge is 0.183 e. The Morgan fingerprint density at radius 3 is 2.90 bits per heavy atom. The molecule has 0 aromatic carbocycles. The van der Waals surface area contributed by atoms with Gasteiger partial charge in [-0.05, 0) is 37.1 Å². The van der Waals surface area contributed by atoms with Crippen LogP contribution in [0, 0.1) is 13.8 Å². The van der Waals surface area contributed by atoms with Gasteiger partial charge in [-0.1, -0.05) is 0 Å². The van der Waals surface area contributed by atoms with E-state index < -0.39 is 0 Å². The van der Waals surface area contributed by atoms with Gasteiger partial charge in [-0.15, -0.1) is 0 Å². The molecule has 21 heavy (non-hydrogen) atoms. The Morgan fingerprint density at radius 2 is 2.05 bits per heavy atom. The Labute approximate surface area is 120 Å². The highest BCUT2D eigenvalue weighted by Gasteiger charge is 2.17. The molecule has 104 valence electrons. The number of aromatic amines is 2. The van der Waals surface area contributed by atoms with Crippen molar-refractivity contribution in [1.29, 1.82) is 0 Å². The molecule has 0 amide bonds. The zero-order valence-corrected chi connectivity index (χ0v) is 11.7. The molecule has 0 unspecified atom stereocenters. The van der Waals surface area contributed by atoms with E-state index in [1.54, 1.807) is 6.20 Å². The molecule has 0 fully saturated rings. The van der Waals surface area contributed by atoms with Gasteiger partial charge in [-0.25, -0.2) is 9.97 Å². The SMILES string of the molecule is Cc1nc2n[nH]c(N)c2c(C)c1-c1ccnc2[nH]ccc12. The molecule has 0 aliphatic carbocycles. The molecule has 4 heterocycles. The average molecular weight is 278 g/mol. The molecule has 4 aromatic heterocycles. The molecule has 0 spiro atoms. The van der Waals surface area contributed by atoms with Crippen molar-refractivity contribution in [1.82, 2.24) is 25.1 Å². The molecule has 0 atom stereocenters. The van der Waals surface area contributed by atoms with Crippen molar-refractivity contribution in [2.45, 2.75) is 13.8 Å². The maximum Gasteiger partial charge on any atom is 0.183 e. The number of aromatic nitrogens is 5. The summed E-state index contributed by atoms with van der Waals surface area (Å²) in [6, 6.07) is 4.04. The zero-order valence-electron chi connectivity index (χ0n) is 11.7. The lowest BCUT2D eigenvalue weighted by Gasteiger charge is -2.11. The quantitative estimate of drug-likeness (QED) is 0.498. The fourth-order valence-electron chi connectivity index (χ4n) is 2.98. The van der Waals surface area contributed by atoms with E-state index in [0.717, 1.165) is 38.8 Å². The summed E-state index contributed by atoms with van der Waals surface area (Å²) in [5, 5.41) is 8.91. The molecule has 4 aromatic rings. The van der Waals surface area contributed by atoms with Gasteiger partial charge in [0.2, 0.25) is 0 Å². The summed E-state index contributed by atoms with van der Waals surface area (Å²) in [5.41, 5.74) is 11.7. The van der Waals surface area contributed by atoms with Gasteiger partial charge >= 0.3 is 0 Å². The Morgan fingerprint density at radius 1 is 1.19 bits per heavy atom. The van der Waals surface area contributed by atoms with Gasteiger partial charge in [0, 0.05) is 29.0 Å². The third kappa shape index (κ3) is 1.56. The van der Waals surface area contributed by atoms with E-state index in [-0.39, 0.29) is 0 Å². The second-order valence-electron chi connectivity index (χ2n) is 5.13. The van der Waals surface area contributed by atoms with Crippen molar-refractivity contribution in [2.75, 3.05) is 5.73 Å². The van der Waals surface area contributed by atoms with Gasteiger partial charge in [-0.2, -0.15) is 5.10 Å². The van der Waals surface area contributed by atoms with E-state index in [2.05, 4.69) is 32.1 Å². The highest BCUT2D eigenvalue weighted by Crippen LogP contribution is 2.35. The van der Waals surface area contributed by atoms with Crippen LogP contribution in [0.4, 0.5) is 5.82 Å². The molecule has 0 radical (unpaired) electrons. The monoisotopic (exact) mass is 278 g/mol. The third-order valence-electron chi connectivity index (χ3n) is 3.89. The summed E-state index contributed by atoms with van der Waals surface area (Å²) in [6.07, 6.45) is 3.69. The number of hydrogen-bond acceptors (Lipinski definition) is 4. The summed E-state index contributed by atoms with van der Waals surface area (Å²) in [7, 11) is 0. The number of pyridine rings is 2. The van der Waals surface area contributed by atoms with Gasteiger partial charge in [0.15, 0.2) is 5.65 Å². The van der Waals surface area contributed by atoms with Crippen LogP contribution in [0.2, 0.25) is 0 Å². The van der Waals surface area contributed by atoms with Gasteiger partial charge < -0.3 is 10.7 Å². The number of fused-ring (bicyclic) bond motifs is 2. The van der Waals surface area contributed by atoms with Gasteiger partial charge in [0.05, 0.1) is 5.39 Å². The van der Waals surface area contributed by atoms with Crippen LogP contribution in [0.3, 0.4) is 0 Å². The topological polar surface area (TPSA) is 96.3 Å².